The molecule has 3 aliphatic rings. The van der Waals surface area contributed by atoms with Gasteiger partial charge in [0, 0.05) is 0 Å². The van der Waals surface area contributed by atoms with Gasteiger partial charge in [0.2, 0.25) is 11.8 Å². The van der Waals surface area contributed by atoms with Gasteiger partial charge in [0.05, 0.1) is 23.3 Å². The number of rotatable bonds is 10. The monoisotopic (exact) mass is 492 g/mol. The quantitative estimate of drug-likeness (QED) is 0.370. The fourth-order valence-electron chi connectivity index (χ4n) is 7.36. The summed E-state index contributed by atoms with van der Waals surface area (Å²) < 4.78 is 0. The van der Waals surface area contributed by atoms with Crippen LogP contribution in [0.15, 0.2) is 0 Å². The van der Waals surface area contributed by atoms with Gasteiger partial charge in [-0.2, -0.15) is 0 Å². The zero-order chi connectivity index (χ0) is 25.9. The van der Waals surface area contributed by atoms with Crippen LogP contribution in [0.1, 0.15) is 130 Å². The van der Waals surface area contributed by atoms with Crippen LogP contribution in [0.3, 0.4) is 0 Å². The van der Waals surface area contributed by atoms with E-state index < -0.39 is 34.6 Å². The van der Waals surface area contributed by atoms with Gasteiger partial charge in [-0.1, -0.05) is 79.1 Å². The van der Waals surface area contributed by atoms with Crippen LogP contribution in [0.4, 0.5) is 0 Å². The fourth-order valence-corrected chi connectivity index (χ4v) is 7.36. The lowest BCUT2D eigenvalue weighted by Gasteiger charge is -2.54. The molecule has 3 aliphatic carbocycles. The molecule has 0 aromatic carbocycles. The maximum Gasteiger partial charge on any atom is 0.238 e. The highest BCUT2D eigenvalue weighted by Gasteiger charge is 2.57. The highest BCUT2D eigenvalue weighted by Crippen LogP contribution is 2.47. The number of amides is 2. The maximum atomic E-state index is 14.7. The number of nitrogens with two attached hydrogens (primary N) is 1. The summed E-state index contributed by atoms with van der Waals surface area (Å²) in [6.45, 7) is 8.53. The van der Waals surface area contributed by atoms with Crippen molar-refractivity contribution < 1.29 is 19.8 Å². The molecule has 3 saturated carbocycles. The number of hydrogen-bond donors (Lipinski definition) is 3. The van der Waals surface area contributed by atoms with Crippen LogP contribution in [0, 0.1) is 17.3 Å². The number of carbonyl (C=O) groups excluding carboxylic acids is 2. The highest BCUT2D eigenvalue weighted by atomic mass is 16.3. The van der Waals surface area contributed by atoms with Gasteiger partial charge in [0.15, 0.2) is 0 Å². The van der Waals surface area contributed by atoms with Crippen LogP contribution in [0.2, 0.25) is 0 Å². The van der Waals surface area contributed by atoms with E-state index in [2.05, 4.69) is 27.7 Å². The Bertz CT molecular complexity index is 678. The first kappa shape index (κ1) is 28.4. The molecule has 0 bridgehead atoms. The van der Waals surface area contributed by atoms with Gasteiger partial charge in [-0.05, 0) is 63.2 Å². The molecular formula is C29H52N2O4. The van der Waals surface area contributed by atoms with E-state index in [4.69, 9.17) is 5.73 Å². The van der Waals surface area contributed by atoms with E-state index in [1.807, 2.05) is 4.90 Å². The van der Waals surface area contributed by atoms with Gasteiger partial charge in [-0.25, -0.2) is 0 Å². The van der Waals surface area contributed by atoms with Crippen molar-refractivity contribution in [2.75, 3.05) is 0 Å². The SMILES string of the molecule is CC(C)CC(N(C(=O)C1(C(N)=O)CCCC1)C(CC(C)C)C1(O)CCCCC1)C1(O)CCCCC1. The summed E-state index contributed by atoms with van der Waals surface area (Å²) in [6, 6.07) is -0.858. The van der Waals surface area contributed by atoms with Gasteiger partial charge in [-0.3, -0.25) is 9.59 Å². The molecule has 2 unspecified atom stereocenters. The second kappa shape index (κ2) is 11.5. The minimum atomic E-state index is -1.22. The van der Waals surface area contributed by atoms with Gasteiger partial charge in [0.25, 0.3) is 0 Å². The zero-order valence-corrected chi connectivity index (χ0v) is 22.9. The standard InChI is InChI=1S/C29H52N2O4/c1-21(2)19-23(28(34)15-7-5-8-16-28)31(26(33)27(25(30)32)13-11-12-14-27)24(20-22(3)4)29(35)17-9-6-10-18-29/h21-24,34-35H,5-20H2,1-4H3,(H2,30,32). The van der Waals surface area contributed by atoms with Gasteiger partial charge < -0.3 is 20.8 Å². The minimum Gasteiger partial charge on any atom is -0.388 e. The Hall–Kier alpha value is -1.14. The number of carbonyl (C=O) groups is 2. The Balaban J connectivity index is 2.18. The molecule has 35 heavy (non-hydrogen) atoms. The van der Waals surface area contributed by atoms with Crippen molar-refractivity contribution in [3.8, 4) is 0 Å². The third-order valence-corrected chi connectivity index (χ3v) is 9.31. The molecule has 0 saturated heterocycles. The Morgan fingerprint density at radius 2 is 1.03 bits per heavy atom. The summed E-state index contributed by atoms with van der Waals surface area (Å²) >= 11 is 0. The Morgan fingerprint density at radius 1 is 0.686 bits per heavy atom. The van der Waals surface area contributed by atoms with Crippen molar-refractivity contribution in [1.29, 1.82) is 0 Å². The molecule has 0 aromatic heterocycles. The van der Waals surface area contributed by atoms with E-state index >= 15 is 0 Å². The van der Waals surface area contributed by atoms with Gasteiger partial charge >= 0.3 is 0 Å². The molecule has 2 amide bonds. The predicted octanol–water partition coefficient (Wildman–Crippen LogP) is 5.08. The smallest absolute Gasteiger partial charge is 0.238 e. The first-order valence-corrected chi connectivity index (χ1v) is 14.5. The summed E-state index contributed by atoms with van der Waals surface area (Å²) in [7, 11) is 0. The average molecular weight is 493 g/mol. The molecule has 6 nitrogen and oxygen atoms in total. The van der Waals surface area contributed by atoms with E-state index in [9.17, 15) is 19.8 Å². The van der Waals surface area contributed by atoms with Gasteiger partial charge in [-0.15, -0.1) is 0 Å². The molecule has 3 rings (SSSR count). The first-order valence-electron chi connectivity index (χ1n) is 14.5. The fraction of sp³-hybridized carbons (Fsp3) is 0.931. The average Bonchev–Trinajstić information content (AvgIpc) is 3.30. The molecule has 3 fully saturated rings. The molecule has 2 atom stereocenters. The predicted molar refractivity (Wildman–Crippen MR) is 139 cm³/mol. The van der Waals surface area contributed by atoms with Crippen molar-refractivity contribution in [3.63, 3.8) is 0 Å². The summed E-state index contributed by atoms with van der Waals surface area (Å²) in [5.41, 5.74) is 2.76. The first-order chi connectivity index (χ1) is 16.5. The molecule has 0 radical (unpaired) electrons. The Morgan fingerprint density at radius 3 is 1.34 bits per heavy atom. The molecule has 0 aromatic rings. The Kier molecular flexibility index (Phi) is 9.34. The molecule has 6 heteroatoms. The molecule has 0 heterocycles. The summed E-state index contributed by atoms with van der Waals surface area (Å²) in [5.74, 6) is -0.246. The number of hydrogen-bond acceptors (Lipinski definition) is 4. The third-order valence-electron chi connectivity index (χ3n) is 9.31. The second-order valence-corrected chi connectivity index (χ2v) is 13.0. The van der Waals surface area contributed by atoms with E-state index in [1.165, 1.54) is 0 Å². The highest BCUT2D eigenvalue weighted by molar-refractivity contribution is 6.05. The van der Waals surface area contributed by atoms with Crippen molar-refractivity contribution in [2.24, 2.45) is 23.0 Å². The van der Waals surface area contributed by atoms with E-state index in [-0.39, 0.29) is 17.7 Å². The lowest BCUT2D eigenvalue weighted by Crippen LogP contribution is -2.68. The summed E-state index contributed by atoms with van der Waals surface area (Å²) in [5, 5.41) is 24.3. The van der Waals surface area contributed by atoms with E-state index in [1.54, 1.807) is 0 Å². The van der Waals surface area contributed by atoms with Crippen molar-refractivity contribution in [3.05, 3.63) is 0 Å². The van der Waals surface area contributed by atoms with Crippen molar-refractivity contribution in [1.82, 2.24) is 4.90 Å². The minimum absolute atomic E-state index is 0.225. The molecule has 202 valence electrons. The van der Waals surface area contributed by atoms with Crippen LogP contribution in [-0.4, -0.2) is 50.2 Å². The van der Waals surface area contributed by atoms with Crippen LogP contribution < -0.4 is 5.73 Å². The Labute approximate surface area is 213 Å². The van der Waals surface area contributed by atoms with E-state index in [0.29, 0.717) is 51.4 Å². The number of nitrogens with zero attached hydrogens (tertiary/aromatic N) is 1. The van der Waals surface area contributed by atoms with Crippen molar-refractivity contribution in [2.45, 2.75) is 154 Å². The molecule has 4 N–H and O–H groups in total. The zero-order valence-electron chi connectivity index (χ0n) is 22.9. The maximum absolute atomic E-state index is 14.7. The number of primary amides is 1. The van der Waals surface area contributed by atoms with E-state index in [0.717, 1.165) is 51.4 Å². The number of aliphatic hydroxyl groups is 2. The van der Waals surface area contributed by atoms with Crippen LogP contribution >= 0.6 is 0 Å². The summed E-state index contributed by atoms with van der Waals surface area (Å²) in [6.07, 6.45) is 12.4. The van der Waals surface area contributed by atoms with Crippen LogP contribution in [0.25, 0.3) is 0 Å². The summed E-state index contributed by atoms with van der Waals surface area (Å²) in [4.78, 5) is 29.5. The molecule has 0 spiro atoms. The second-order valence-electron chi connectivity index (χ2n) is 13.0. The third kappa shape index (κ3) is 6.06. The topological polar surface area (TPSA) is 104 Å². The lowest BCUT2D eigenvalue weighted by molar-refractivity contribution is -0.178. The lowest BCUT2D eigenvalue weighted by atomic mass is 9.70. The van der Waals surface area contributed by atoms with Gasteiger partial charge in [0.1, 0.15) is 5.41 Å². The molecular weight excluding hydrogens is 440 g/mol. The van der Waals surface area contributed by atoms with Crippen LogP contribution in [0.5, 0.6) is 0 Å². The molecule has 0 aliphatic heterocycles. The normalized spacial score (nSPS) is 25.4. The van der Waals surface area contributed by atoms with Crippen molar-refractivity contribution >= 4 is 11.8 Å². The van der Waals surface area contributed by atoms with Crippen LogP contribution in [-0.2, 0) is 9.59 Å². The largest absolute Gasteiger partial charge is 0.388 e.